The molecule has 1 atom stereocenters. The molecule has 1 N–H and O–H groups in total. The zero-order chi connectivity index (χ0) is 22.8. The van der Waals surface area contributed by atoms with E-state index in [4.69, 9.17) is 25.8 Å². The molecule has 0 aliphatic carbocycles. The first-order valence-corrected chi connectivity index (χ1v) is 11.7. The van der Waals surface area contributed by atoms with Crippen LogP contribution in [0.25, 0.3) is 11.1 Å². The highest BCUT2D eigenvalue weighted by atomic mass is 35.5. The number of hydrogen-bond donors (Lipinski definition) is 1. The summed E-state index contributed by atoms with van der Waals surface area (Å²) in [4.78, 5) is 2.27. The molecule has 2 aliphatic heterocycles. The second kappa shape index (κ2) is 9.64. The van der Waals surface area contributed by atoms with Gasteiger partial charge in [-0.05, 0) is 53.9 Å². The van der Waals surface area contributed by atoms with Crippen molar-refractivity contribution in [3.8, 4) is 28.4 Å². The van der Waals surface area contributed by atoms with E-state index in [-0.39, 0.29) is 11.9 Å². The lowest BCUT2D eigenvalue weighted by Crippen LogP contribution is -2.25. The van der Waals surface area contributed by atoms with E-state index in [1.165, 1.54) is 11.1 Å². The predicted molar refractivity (Wildman–Crippen MR) is 129 cm³/mol. The summed E-state index contributed by atoms with van der Waals surface area (Å²) >= 11 is 6.17. The van der Waals surface area contributed by atoms with Crippen molar-refractivity contribution in [1.82, 2.24) is 4.90 Å². The molecular weight excluding hydrogens is 438 g/mol. The topological polar surface area (TPSA) is 51.2 Å². The number of nitrogens with zero attached hydrogens (tertiary/aromatic N) is 1. The second-order valence-electron chi connectivity index (χ2n) is 8.71. The average Bonchev–Trinajstić information content (AvgIpc) is 3.22. The van der Waals surface area contributed by atoms with E-state index in [0.717, 1.165) is 47.8 Å². The summed E-state index contributed by atoms with van der Waals surface area (Å²) in [6, 6.07) is 17.8. The maximum atomic E-state index is 10.3. The van der Waals surface area contributed by atoms with Gasteiger partial charge in [-0.15, -0.1) is 0 Å². The van der Waals surface area contributed by atoms with E-state index in [1.54, 1.807) is 12.1 Å². The van der Waals surface area contributed by atoms with Crippen molar-refractivity contribution in [2.45, 2.75) is 32.5 Å². The zero-order valence-corrected chi connectivity index (χ0v) is 19.5. The smallest absolute Gasteiger partial charge is 0.165 e. The molecule has 172 valence electrons. The van der Waals surface area contributed by atoms with Crippen LogP contribution in [0.5, 0.6) is 17.2 Å². The number of fused-ring (bicyclic) bond motifs is 1. The summed E-state index contributed by atoms with van der Waals surface area (Å²) in [6.45, 7) is 5.97. The van der Waals surface area contributed by atoms with E-state index in [1.807, 2.05) is 6.07 Å². The van der Waals surface area contributed by atoms with Crippen LogP contribution in [0.1, 0.15) is 23.1 Å². The van der Waals surface area contributed by atoms with Gasteiger partial charge in [-0.25, -0.2) is 0 Å². The number of aromatic hydroxyl groups is 1. The molecule has 33 heavy (non-hydrogen) atoms. The molecule has 0 spiro atoms. The Morgan fingerprint density at radius 2 is 2.00 bits per heavy atom. The largest absolute Gasteiger partial charge is 0.508 e. The van der Waals surface area contributed by atoms with Gasteiger partial charge in [0.1, 0.15) is 18.5 Å². The molecule has 0 bridgehead atoms. The van der Waals surface area contributed by atoms with Gasteiger partial charge in [-0.2, -0.15) is 0 Å². The Morgan fingerprint density at radius 1 is 1.12 bits per heavy atom. The second-order valence-corrected chi connectivity index (χ2v) is 9.15. The standard InChI is InChI=1S/C27H28ClNO4/c1-18-4-2-3-5-24(18)19-12-21-16-29(15-20-13-22(28)6-7-25(20)30)9-11-32-27(21)26(14-19)33-23-8-10-31-17-23/h2-7,12-14,23,30H,8-11,15-17H2,1H3/t23-/m1/s1. The van der Waals surface area contributed by atoms with Crippen LogP contribution in [0.2, 0.25) is 5.02 Å². The lowest BCUT2D eigenvalue weighted by Gasteiger charge is -2.21. The van der Waals surface area contributed by atoms with Gasteiger partial charge in [0.25, 0.3) is 0 Å². The molecular formula is C27H28ClNO4. The third kappa shape index (κ3) is 4.96. The van der Waals surface area contributed by atoms with Gasteiger partial charge in [0.15, 0.2) is 11.5 Å². The monoisotopic (exact) mass is 465 g/mol. The van der Waals surface area contributed by atoms with Gasteiger partial charge < -0.3 is 19.3 Å². The summed E-state index contributed by atoms with van der Waals surface area (Å²) in [6.07, 6.45) is 0.913. The number of halogens is 1. The summed E-state index contributed by atoms with van der Waals surface area (Å²) in [5.41, 5.74) is 5.38. The highest BCUT2D eigenvalue weighted by molar-refractivity contribution is 6.30. The van der Waals surface area contributed by atoms with Crippen LogP contribution >= 0.6 is 11.6 Å². The Balaban J connectivity index is 1.51. The molecule has 2 aliphatic rings. The SMILES string of the molecule is Cc1ccccc1-c1cc2c(c(O[C@@H]3CCOC3)c1)OCCN(Cc1cc(Cl)ccc1O)C2. The van der Waals surface area contributed by atoms with E-state index < -0.39 is 0 Å². The Morgan fingerprint density at radius 3 is 2.82 bits per heavy atom. The average molecular weight is 466 g/mol. The lowest BCUT2D eigenvalue weighted by molar-refractivity contribution is 0.137. The van der Waals surface area contributed by atoms with E-state index in [9.17, 15) is 5.11 Å². The molecule has 2 heterocycles. The number of hydrogen-bond acceptors (Lipinski definition) is 5. The fourth-order valence-electron chi connectivity index (χ4n) is 4.52. The molecule has 1 saturated heterocycles. The van der Waals surface area contributed by atoms with Crippen LogP contribution in [0.3, 0.4) is 0 Å². The molecule has 1 fully saturated rings. The summed E-state index contributed by atoms with van der Waals surface area (Å²) in [5.74, 6) is 1.83. The van der Waals surface area contributed by atoms with Gasteiger partial charge in [-0.3, -0.25) is 4.90 Å². The first-order valence-electron chi connectivity index (χ1n) is 11.4. The van der Waals surface area contributed by atoms with Gasteiger partial charge in [0, 0.05) is 42.2 Å². The summed E-state index contributed by atoms with van der Waals surface area (Å²) in [7, 11) is 0. The summed E-state index contributed by atoms with van der Waals surface area (Å²) < 4.78 is 18.2. The lowest BCUT2D eigenvalue weighted by atomic mass is 9.97. The highest BCUT2D eigenvalue weighted by Crippen LogP contribution is 2.40. The molecule has 0 unspecified atom stereocenters. The number of ether oxygens (including phenoxy) is 3. The predicted octanol–water partition coefficient (Wildman–Crippen LogP) is 5.58. The number of phenolic OH excluding ortho intramolecular Hbond substituents is 1. The van der Waals surface area contributed by atoms with Crippen molar-refractivity contribution >= 4 is 11.6 Å². The Kier molecular flexibility index (Phi) is 6.45. The highest BCUT2D eigenvalue weighted by Gasteiger charge is 2.25. The normalized spacial score (nSPS) is 18.4. The molecule has 0 saturated carbocycles. The van der Waals surface area contributed by atoms with Crippen molar-refractivity contribution in [3.63, 3.8) is 0 Å². The maximum absolute atomic E-state index is 10.3. The number of benzene rings is 3. The van der Waals surface area contributed by atoms with E-state index >= 15 is 0 Å². The number of rotatable bonds is 5. The molecule has 0 amide bonds. The summed E-state index contributed by atoms with van der Waals surface area (Å²) in [5, 5.41) is 10.9. The van der Waals surface area contributed by atoms with Crippen LogP contribution in [-0.4, -0.2) is 42.5 Å². The Hall–Kier alpha value is -2.73. The first-order chi connectivity index (χ1) is 16.1. The molecule has 0 radical (unpaired) electrons. The minimum Gasteiger partial charge on any atom is -0.508 e. The molecule has 5 rings (SSSR count). The van der Waals surface area contributed by atoms with Gasteiger partial charge in [0.05, 0.1) is 13.2 Å². The number of aryl methyl sites for hydroxylation is 1. The quantitative estimate of drug-likeness (QED) is 0.532. The van der Waals surface area contributed by atoms with Gasteiger partial charge in [-0.1, -0.05) is 35.9 Å². The first kappa shape index (κ1) is 22.1. The fraction of sp³-hybridized carbons (Fsp3) is 0.333. The minimum atomic E-state index is 0.0348. The van der Waals surface area contributed by atoms with Crippen molar-refractivity contribution < 1.29 is 19.3 Å². The van der Waals surface area contributed by atoms with Crippen LogP contribution < -0.4 is 9.47 Å². The Bertz CT molecular complexity index is 1140. The molecule has 3 aromatic carbocycles. The van der Waals surface area contributed by atoms with Crippen LogP contribution in [0, 0.1) is 6.92 Å². The number of phenols is 1. The van der Waals surface area contributed by atoms with Gasteiger partial charge >= 0.3 is 0 Å². The zero-order valence-electron chi connectivity index (χ0n) is 18.7. The van der Waals surface area contributed by atoms with Crippen molar-refractivity contribution in [3.05, 3.63) is 76.3 Å². The fourth-order valence-corrected chi connectivity index (χ4v) is 4.71. The van der Waals surface area contributed by atoms with Crippen molar-refractivity contribution in [1.29, 1.82) is 0 Å². The Labute approximate surface area is 199 Å². The van der Waals surface area contributed by atoms with Crippen molar-refractivity contribution in [2.75, 3.05) is 26.4 Å². The maximum Gasteiger partial charge on any atom is 0.165 e. The minimum absolute atomic E-state index is 0.0348. The van der Waals surface area contributed by atoms with Crippen LogP contribution in [-0.2, 0) is 17.8 Å². The third-order valence-electron chi connectivity index (χ3n) is 6.25. The van der Waals surface area contributed by atoms with Gasteiger partial charge in [0.2, 0.25) is 0 Å². The molecule has 6 heteroatoms. The van der Waals surface area contributed by atoms with E-state index in [0.29, 0.717) is 31.3 Å². The molecule has 3 aromatic rings. The van der Waals surface area contributed by atoms with E-state index in [2.05, 4.69) is 48.2 Å². The van der Waals surface area contributed by atoms with Crippen LogP contribution in [0.15, 0.2) is 54.6 Å². The van der Waals surface area contributed by atoms with Crippen molar-refractivity contribution in [2.24, 2.45) is 0 Å². The van der Waals surface area contributed by atoms with Crippen LogP contribution in [0.4, 0.5) is 0 Å². The molecule has 0 aromatic heterocycles. The third-order valence-corrected chi connectivity index (χ3v) is 6.49. The molecule has 5 nitrogen and oxygen atoms in total.